The van der Waals surface area contributed by atoms with Crippen LogP contribution in [0.2, 0.25) is 0 Å². The molecule has 1 aliphatic rings. The van der Waals surface area contributed by atoms with E-state index in [2.05, 4.69) is 10.6 Å². The van der Waals surface area contributed by atoms with Crippen molar-refractivity contribution < 1.29 is 13.9 Å². The molecule has 0 saturated carbocycles. The zero-order valence-electron chi connectivity index (χ0n) is 12.1. The first-order valence-corrected chi connectivity index (χ1v) is 6.99. The monoisotopic (exact) mass is 316 g/mol. The Morgan fingerprint density at radius 3 is 2.95 bits per heavy atom. The molecule has 1 aromatic carbocycles. The van der Waals surface area contributed by atoms with Crippen molar-refractivity contribution in [1.82, 2.24) is 10.6 Å². The number of ether oxygens (including phenoxy) is 1. The third kappa shape index (κ3) is 5.99. The fraction of sp³-hybridized carbons (Fsp3) is 0.533. The maximum Gasteiger partial charge on any atom is 0.221 e. The first kappa shape index (κ1) is 17.9. The van der Waals surface area contributed by atoms with Crippen LogP contribution < -0.4 is 10.6 Å². The number of carbonyl (C=O) groups is 1. The summed E-state index contributed by atoms with van der Waals surface area (Å²) in [6.45, 7) is 3.93. The Morgan fingerprint density at radius 1 is 1.52 bits per heavy atom. The van der Waals surface area contributed by atoms with E-state index in [-0.39, 0.29) is 36.2 Å². The largest absolute Gasteiger partial charge is 0.378 e. The van der Waals surface area contributed by atoms with Crippen molar-refractivity contribution >= 4 is 18.3 Å². The SMILES string of the molecule is CC(Cc1ccccc1F)NC(=O)CC1COCCN1.Cl. The fourth-order valence-corrected chi connectivity index (χ4v) is 2.35. The molecule has 2 unspecified atom stereocenters. The number of rotatable bonds is 5. The molecule has 1 fully saturated rings. The average molecular weight is 317 g/mol. The van der Waals surface area contributed by atoms with E-state index < -0.39 is 0 Å². The van der Waals surface area contributed by atoms with Gasteiger partial charge in [-0.25, -0.2) is 4.39 Å². The van der Waals surface area contributed by atoms with Gasteiger partial charge in [0.15, 0.2) is 0 Å². The second-order valence-electron chi connectivity index (χ2n) is 5.19. The highest BCUT2D eigenvalue weighted by Gasteiger charge is 2.18. The van der Waals surface area contributed by atoms with Gasteiger partial charge in [0.1, 0.15) is 5.82 Å². The summed E-state index contributed by atoms with van der Waals surface area (Å²) in [6.07, 6.45) is 0.884. The minimum absolute atomic E-state index is 0. The van der Waals surface area contributed by atoms with Gasteiger partial charge in [0.2, 0.25) is 5.91 Å². The second-order valence-corrected chi connectivity index (χ2v) is 5.19. The van der Waals surface area contributed by atoms with Crippen LogP contribution in [0.25, 0.3) is 0 Å². The molecule has 1 aliphatic heterocycles. The molecular formula is C15H22ClFN2O2. The molecule has 4 nitrogen and oxygen atoms in total. The third-order valence-electron chi connectivity index (χ3n) is 3.32. The molecule has 0 aromatic heterocycles. The first-order valence-electron chi connectivity index (χ1n) is 6.99. The van der Waals surface area contributed by atoms with E-state index in [4.69, 9.17) is 4.74 Å². The van der Waals surface area contributed by atoms with Crippen LogP contribution in [0, 0.1) is 5.82 Å². The van der Waals surface area contributed by atoms with Gasteiger partial charge in [0.25, 0.3) is 0 Å². The lowest BCUT2D eigenvalue weighted by molar-refractivity contribution is -0.122. The zero-order valence-corrected chi connectivity index (χ0v) is 12.9. The molecule has 1 saturated heterocycles. The van der Waals surface area contributed by atoms with E-state index in [1.807, 2.05) is 6.92 Å². The van der Waals surface area contributed by atoms with Gasteiger partial charge >= 0.3 is 0 Å². The predicted molar refractivity (Wildman–Crippen MR) is 82.2 cm³/mol. The Morgan fingerprint density at radius 2 is 2.29 bits per heavy atom. The van der Waals surface area contributed by atoms with Crippen molar-refractivity contribution in [3.63, 3.8) is 0 Å². The Labute approximate surface area is 130 Å². The zero-order chi connectivity index (χ0) is 14.4. The van der Waals surface area contributed by atoms with Crippen LogP contribution in [0.1, 0.15) is 18.9 Å². The highest BCUT2D eigenvalue weighted by atomic mass is 35.5. The summed E-state index contributed by atoms with van der Waals surface area (Å²) >= 11 is 0. The van der Waals surface area contributed by atoms with E-state index in [0.29, 0.717) is 31.6 Å². The maximum absolute atomic E-state index is 13.5. The molecule has 118 valence electrons. The smallest absolute Gasteiger partial charge is 0.221 e. The summed E-state index contributed by atoms with van der Waals surface area (Å²) in [7, 11) is 0. The van der Waals surface area contributed by atoms with Crippen LogP contribution >= 0.6 is 12.4 Å². The van der Waals surface area contributed by atoms with Crippen LogP contribution in [0.5, 0.6) is 0 Å². The van der Waals surface area contributed by atoms with Crippen LogP contribution in [0.15, 0.2) is 24.3 Å². The molecule has 2 atom stereocenters. The number of benzene rings is 1. The summed E-state index contributed by atoms with van der Waals surface area (Å²) in [6, 6.07) is 6.63. The predicted octanol–water partition coefficient (Wildman–Crippen LogP) is 1.67. The Balaban J connectivity index is 0.00000220. The van der Waals surface area contributed by atoms with Gasteiger partial charge in [-0.2, -0.15) is 0 Å². The molecule has 2 N–H and O–H groups in total. The van der Waals surface area contributed by atoms with Gasteiger partial charge in [-0.1, -0.05) is 18.2 Å². The summed E-state index contributed by atoms with van der Waals surface area (Å²) in [5, 5.41) is 6.14. The normalized spacial score (nSPS) is 19.4. The van der Waals surface area contributed by atoms with Crippen molar-refractivity contribution in [1.29, 1.82) is 0 Å². The first-order chi connectivity index (χ1) is 9.65. The molecule has 6 heteroatoms. The topological polar surface area (TPSA) is 50.4 Å². The van der Waals surface area contributed by atoms with Crippen LogP contribution in [0.3, 0.4) is 0 Å². The van der Waals surface area contributed by atoms with Crippen LogP contribution in [-0.4, -0.2) is 37.7 Å². The standard InChI is InChI=1S/C15H21FN2O2.ClH/c1-11(8-12-4-2-3-5-14(12)16)18-15(19)9-13-10-20-7-6-17-13;/h2-5,11,13,17H,6-10H2,1H3,(H,18,19);1H. The Kier molecular flexibility index (Phi) is 7.64. The number of carbonyl (C=O) groups excluding carboxylic acids is 1. The summed E-state index contributed by atoms with van der Waals surface area (Å²) in [4.78, 5) is 11.9. The van der Waals surface area contributed by atoms with Gasteiger partial charge in [-0.15, -0.1) is 12.4 Å². The van der Waals surface area contributed by atoms with Gasteiger partial charge < -0.3 is 15.4 Å². The Bertz CT molecular complexity index is 453. The molecule has 2 rings (SSSR count). The van der Waals surface area contributed by atoms with Crippen molar-refractivity contribution in [2.24, 2.45) is 0 Å². The molecule has 0 aliphatic carbocycles. The molecular weight excluding hydrogens is 295 g/mol. The van der Waals surface area contributed by atoms with Gasteiger partial charge in [-0.05, 0) is 25.0 Å². The van der Waals surface area contributed by atoms with Gasteiger partial charge in [-0.3, -0.25) is 4.79 Å². The van der Waals surface area contributed by atoms with Crippen molar-refractivity contribution in [3.05, 3.63) is 35.6 Å². The number of hydrogen-bond donors (Lipinski definition) is 2. The average Bonchev–Trinajstić information content (AvgIpc) is 2.42. The summed E-state index contributed by atoms with van der Waals surface area (Å²) in [5.41, 5.74) is 0.624. The summed E-state index contributed by atoms with van der Waals surface area (Å²) in [5.74, 6) is -0.257. The lowest BCUT2D eigenvalue weighted by atomic mass is 10.1. The molecule has 1 amide bonds. The van der Waals surface area contributed by atoms with Crippen LogP contribution in [-0.2, 0) is 16.0 Å². The van der Waals surface area contributed by atoms with E-state index in [1.54, 1.807) is 18.2 Å². The molecule has 0 radical (unpaired) electrons. The van der Waals surface area contributed by atoms with E-state index >= 15 is 0 Å². The highest BCUT2D eigenvalue weighted by Crippen LogP contribution is 2.09. The highest BCUT2D eigenvalue weighted by molar-refractivity contribution is 5.85. The number of halogens is 2. The van der Waals surface area contributed by atoms with E-state index in [9.17, 15) is 9.18 Å². The molecule has 0 spiro atoms. The lowest BCUT2D eigenvalue weighted by Gasteiger charge is -2.24. The number of amides is 1. The third-order valence-corrected chi connectivity index (χ3v) is 3.32. The number of morpholine rings is 1. The number of nitrogens with one attached hydrogen (secondary N) is 2. The number of hydrogen-bond acceptors (Lipinski definition) is 3. The minimum Gasteiger partial charge on any atom is -0.378 e. The molecule has 1 aromatic rings. The lowest BCUT2D eigenvalue weighted by Crippen LogP contribution is -2.45. The fourth-order valence-electron chi connectivity index (χ4n) is 2.35. The molecule has 1 heterocycles. The quantitative estimate of drug-likeness (QED) is 0.869. The second kappa shape index (κ2) is 8.97. The van der Waals surface area contributed by atoms with Crippen molar-refractivity contribution in [3.8, 4) is 0 Å². The summed E-state index contributed by atoms with van der Waals surface area (Å²) < 4.78 is 18.8. The van der Waals surface area contributed by atoms with Gasteiger partial charge in [0.05, 0.1) is 13.2 Å². The van der Waals surface area contributed by atoms with E-state index in [1.165, 1.54) is 6.07 Å². The molecule has 21 heavy (non-hydrogen) atoms. The Hall–Kier alpha value is -1.17. The molecule has 0 bridgehead atoms. The van der Waals surface area contributed by atoms with E-state index in [0.717, 1.165) is 6.54 Å². The van der Waals surface area contributed by atoms with Crippen molar-refractivity contribution in [2.45, 2.75) is 31.8 Å². The van der Waals surface area contributed by atoms with Crippen LogP contribution in [0.4, 0.5) is 4.39 Å². The van der Waals surface area contributed by atoms with Crippen molar-refractivity contribution in [2.75, 3.05) is 19.8 Å². The minimum atomic E-state index is -0.226. The maximum atomic E-state index is 13.5. The van der Waals surface area contributed by atoms with Gasteiger partial charge in [0, 0.05) is 25.0 Å².